The highest BCUT2D eigenvalue weighted by molar-refractivity contribution is 5.50. The van der Waals surface area contributed by atoms with Crippen LogP contribution in [0.4, 0.5) is 5.69 Å². The van der Waals surface area contributed by atoms with Gasteiger partial charge in [-0.05, 0) is 54.2 Å². The highest BCUT2D eigenvalue weighted by atomic mass is 16.5. The second-order valence-electron chi connectivity index (χ2n) is 6.56. The lowest BCUT2D eigenvalue weighted by atomic mass is 9.85. The average Bonchev–Trinajstić information content (AvgIpc) is 2.41. The quantitative estimate of drug-likeness (QED) is 0.783. The van der Waals surface area contributed by atoms with Gasteiger partial charge in [-0.1, -0.05) is 39.8 Å². The predicted octanol–water partition coefficient (Wildman–Crippen LogP) is 5.23. The van der Waals surface area contributed by atoms with E-state index in [4.69, 9.17) is 10.5 Å². The Balaban J connectivity index is 2.44. The Morgan fingerprint density at radius 2 is 1.67 bits per heavy atom. The zero-order valence-corrected chi connectivity index (χ0v) is 13.7. The fraction of sp³-hybridized carbons (Fsp3) is 0.368. The fourth-order valence-corrected chi connectivity index (χ4v) is 2.38. The van der Waals surface area contributed by atoms with Crippen LogP contribution in [0.15, 0.2) is 36.4 Å². The van der Waals surface area contributed by atoms with Crippen molar-refractivity contribution in [3.05, 3.63) is 53.1 Å². The molecule has 21 heavy (non-hydrogen) atoms. The van der Waals surface area contributed by atoms with Crippen molar-refractivity contribution >= 4 is 5.69 Å². The summed E-state index contributed by atoms with van der Waals surface area (Å²) in [5.41, 5.74) is 10.2. The van der Waals surface area contributed by atoms with Gasteiger partial charge in [0, 0.05) is 11.3 Å². The molecule has 2 N–H and O–H groups in total. The third kappa shape index (κ3) is 3.57. The molecule has 0 saturated heterocycles. The minimum Gasteiger partial charge on any atom is -0.457 e. The summed E-state index contributed by atoms with van der Waals surface area (Å²) in [6, 6.07) is 12.2. The maximum Gasteiger partial charge on any atom is 0.131 e. The van der Waals surface area contributed by atoms with Crippen LogP contribution < -0.4 is 10.5 Å². The molecule has 0 aliphatic carbocycles. The van der Waals surface area contributed by atoms with Gasteiger partial charge in [0.25, 0.3) is 0 Å². The Morgan fingerprint density at radius 1 is 1.00 bits per heavy atom. The lowest BCUT2D eigenvalue weighted by molar-refractivity contribution is 0.452. The molecule has 2 rings (SSSR count). The molecule has 0 bridgehead atoms. The average molecular weight is 283 g/mol. The van der Waals surface area contributed by atoms with E-state index in [1.54, 1.807) is 0 Å². The Labute approximate surface area is 127 Å². The van der Waals surface area contributed by atoms with Crippen molar-refractivity contribution in [3.8, 4) is 11.5 Å². The second-order valence-corrected chi connectivity index (χ2v) is 6.56. The summed E-state index contributed by atoms with van der Waals surface area (Å²) in [6.07, 6.45) is 1.03. The van der Waals surface area contributed by atoms with Gasteiger partial charge in [-0.15, -0.1) is 0 Å². The van der Waals surface area contributed by atoms with E-state index in [9.17, 15) is 0 Å². The highest BCUT2D eigenvalue weighted by Gasteiger charge is 2.20. The molecule has 0 spiro atoms. The molecule has 112 valence electrons. The zero-order valence-electron chi connectivity index (χ0n) is 13.7. The van der Waals surface area contributed by atoms with Crippen molar-refractivity contribution in [1.29, 1.82) is 0 Å². The first-order chi connectivity index (χ1) is 9.81. The molecule has 2 aromatic rings. The summed E-state index contributed by atoms with van der Waals surface area (Å²) >= 11 is 0. The van der Waals surface area contributed by atoms with Crippen LogP contribution in [-0.4, -0.2) is 0 Å². The number of rotatable bonds is 3. The van der Waals surface area contributed by atoms with Crippen molar-refractivity contribution in [2.45, 2.75) is 46.5 Å². The van der Waals surface area contributed by atoms with E-state index in [0.29, 0.717) is 0 Å². The van der Waals surface area contributed by atoms with E-state index in [1.165, 1.54) is 11.1 Å². The van der Waals surface area contributed by atoms with Gasteiger partial charge in [0.15, 0.2) is 0 Å². The summed E-state index contributed by atoms with van der Waals surface area (Å²) in [4.78, 5) is 0. The van der Waals surface area contributed by atoms with Crippen molar-refractivity contribution in [2.75, 3.05) is 5.73 Å². The SMILES string of the molecule is CCc1ccc(Oc2ccc(N)cc2C)c(C(C)(C)C)c1. The van der Waals surface area contributed by atoms with Crippen LogP contribution in [0.1, 0.15) is 44.4 Å². The number of anilines is 1. The van der Waals surface area contributed by atoms with Crippen LogP contribution in [0, 0.1) is 6.92 Å². The summed E-state index contributed by atoms with van der Waals surface area (Å²) in [7, 11) is 0. The molecular weight excluding hydrogens is 258 g/mol. The van der Waals surface area contributed by atoms with Crippen molar-refractivity contribution in [1.82, 2.24) is 0 Å². The molecule has 0 fully saturated rings. The van der Waals surface area contributed by atoms with Crippen molar-refractivity contribution in [3.63, 3.8) is 0 Å². The van der Waals surface area contributed by atoms with Crippen molar-refractivity contribution < 1.29 is 4.74 Å². The molecule has 2 nitrogen and oxygen atoms in total. The van der Waals surface area contributed by atoms with E-state index in [2.05, 4.69) is 45.9 Å². The molecule has 0 amide bonds. The topological polar surface area (TPSA) is 35.2 Å². The first-order valence-corrected chi connectivity index (χ1v) is 7.48. The molecule has 0 heterocycles. The number of aryl methyl sites for hydroxylation is 2. The Kier molecular flexibility index (Phi) is 4.26. The van der Waals surface area contributed by atoms with Crippen LogP contribution in [0.5, 0.6) is 11.5 Å². The number of benzene rings is 2. The van der Waals surface area contributed by atoms with Gasteiger partial charge in [0.05, 0.1) is 0 Å². The minimum absolute atomic E-state index is 0.0439. The molecule has 2 aromatic carbocycles. The molecule has 0 unspecified atom stereocenters. The number of hydrogen-bond acceptors (Lipinski definition) is 2. The molecular formula is C19H25NO. The normalized spacial score (nSPS) is 11.5. The Morgan fingerprint density at radius 3 is 2.24 bits per heavy atom. The molecule has 0 aliphatic rings. The number of ether oxygens (including phenoxy) is 1. The highest BCUT2D eigenvalue weighted by Crippen LogP contribution is 2.36. The van der Waals surface area contributed by atoms with Crippen molar-refractivity contribution in [2.24, 2.45) is 0 Å². The first kappa shape index (κ1) is 15.4. The van der Waals surface area contributed by atoms with Crippen LogP contribution in [0.25, 0.3) is 0 Å². The maximum absolute atomic E-state index is 6.17. The van der Waals surface area contributed by atoms with E-state index >= 15 is 0 Å². The third-order valence-electron chi connectivity index (χ3n) is 3.68. The molecule has 0 radical (unpaired) electrons. The maximum atomic E-state index is 6.17. The van der Waals surface area contributed by atoms with Gasteiger partial charge in [0.1, 0.15) is 11.5 Å². The lowest BCUT2D eigenvalue weighted by Crippen LogP contribution is -2.13. The zero-order chi connectivity index (χ0) is 15.6. The molecule has 0 saturated carbocycles. The van der Waals surface area contributed by atoms with E-state index < -0.39 is 0 Å². The summed E-state index contributed by atoms with van der Waals surface area (Å²) in [5.74, 6) is 1.78. The van der Waals surface area contributed by atoms with Gasteiger partial charge in [-0.2, -0.15) is 0 Å². The third-order valence-corrected chi connectivity index (χ3v) is 3.68. The Hall–Kier alpha value is -1.96. The molecule has 0 aliphatic heterocycles. The molecule has 2 heteroatoms. The van der Waals surface area contributed by atoms with Crippen LogP contribution in [0.2, 0.25) is 0 Å². The van der Waals surface area contributed by atoms with Gasteiger partial charge in [-0.25, -0.2) is 0 Å². The molecule has 0 atom stereocenters. The van der Waals surface area contributed by atoms with Gasteiger partial charge in [0.2, 0.25) is 0 Å². The number of nitrogen functional groups attached to an aromatic ring is 1. The second kappa shape index (κ2) is 5.80. The van der Waals surface area contributed by atoms with Gasteiger partial charge < -0.3 is 10.5 Å². The van der Waals surface area contributed by atoms with E-state index in [0.717, 1.165) is 29.2 Å². The summed E-state index contributed by atoms with van der Waals surface area (Å²) in [6.45, 7) is 10.8. The monoisotopic (exact) mass is 283 g/mol. The van der Waals surface area contributed by atoms with E-state index in [1.807, 2.05) is 25.1 Å². The lowest BCUT2D eigenvalue weighted by Gasteiger charge is -2.24. The van der Waals surface area contributed by atoms with Gasteiger partial charge >= 0.3 is 0 Å². The van der Waals surface area contributed by atoms with Gasteiger partial charge in [-0.3, -0.25) is 0 Å². The first-order valence-electron chi connectivity index (χ1n) is 7.48. The standard InChI is InChI=1S/C19H25NO/c1-6-14-7-9-18(16(12-14)19(3,4)5)21-17-10-8-15(20)11-13(17)2/h7-12H,6,20H2,1-5H3. The smallest absolute Gasteiger partial charge is 0.131 e. The van der Waals surface area contributed by atoms with E-state index in [-0.39, 0.29) is 5.41 Å². The van der Waals surface area contributed by atoms with Crippen LogP contribution >= 0.6 is 0 Å². The van der Waals surface area contributed by atoms with Crippen LogP contribution in [-0.2, 0) is 11.8 Å². The van der Waals surface area contributed by atoms with Crippen LogP contribution in [0.3, 0.4) is 0 Å². The number of nitrogens with two attached hydrogens (primary N) is 1. The predicted molar refractivity (Wildman–Crippen MR) is 90.2 cm³/mol. The largest absolute Gasteiger partial charge is 0.457 e. The fourth-order valence-electron chi connectivity index (χ4n) is 2.38. The summed E-state index contributed by atoms with van der Waals surface area (Å²) < 4.78 is 6.17. The number of hydrogen-bond donors (Lipinski definition) is 1. The Bertz CT molecular complexity index is 638. The molecule has 0 aromatic heterocycles. The summed E-state index contributed by atoms with van der Waals surface area (Å²) in [5, 5.41) is 0. The minimum atomic E-state index is 0.0439.